The Morgan fingerprint density at radius 3 is 2.76 bits per heavy atom. The first kappa shape index (κ1) is 11.4. The average molecular weight is 231 g/mol. The lowest BCUT2D eigenvalue weighted by molar-refractivity contribution is -0.135. The Kier molecular flexibility index (Phi) is 2.95. The molecule has 0 fully saturated rings. The Bertz CT molecular complexity index is 583. The van der Waals surface area contributed by atoms with Gasteiger partial charge < -0.3 is 9.72 Å². The molecule has 1 aromatic carbocycles. The Balaban J connectivity index is 2.54. The Hall–Kier alpha value is -2.10. The summed E-state index contributed by atoms with van der Waals surface area (Å²) in [6.07, 6.45) is 2.43. The van der Waals surface area contributed by atoms with Crippen molar-refractivity contribution in [2.75, 3.05) is 7.11 Å². The van der Waals surface area contributed by atoms with Crippen molar-refractivity contribution >= 4 is 22.7 Å². The van der Waals surface area contributed by atoms with Gasteiger partial charge in [0.1, 0.15) is 0 Å². The second-order valence-corrected chi connectivity index (χ2v) is 3.76. The van der Waals surface area contributed by atoms with Crippen molar-refractivity contribution in [3.63, 3.8) is 0 Å². The number of benzene rings is 1. The standard InChI is InChI=1S/C13H13NO3/c1-3-8-4-5-11-9(6-8)10(7-14-11)12(15)13(16)17-2/h4-7,14H,3H2,1-2H3. The molecule has 4 nitrogen and oxygen atoms in total. The number of H-pyrrole nitrogens is 1. The third-order valence-corrected chi connectivity index (χ3v) is 2.77. The molecular formula is C13H13NO3. The first-order valence-corrected chi connectivity index (χ1v) is 5.40. The number of rotatable bonds is 3. The van der Waals surface area contributed by atoms with E-state index in [9.17, 15) is 9.59 Å². The summed E-state index contributed by atoms with van der Waals surface area (Å²) < 4.78 is 4.44. The molecule has 0 atom stereocenters. The molecule has 0 saturated heterocycles. The lowest BCUT2D eigenvalue weighted by Crippen LogP contribution is -2.15. The van der Waals surface area contributed by atoms with Gasteiger partial charge in [0.05, 0.1) is 12.7 Å². The molecule has 17 heavy (non-hydrogen) atoms. The zero-order valence-corrected chi connectivity index (χ0v) is 9.74. The van der Waals surface area contributed by atoms with E-state index in [4.69, 9.17) is 0 Å². The molecule has 0 bridgehead atoms. The summed E-state index contributed by atoms with van der Waals surface area (Å²) in [5, 5.41) is 0.764. The molecule has 0 spiro atoms. The predicted octanol–water partition coefficient (Wildman–Crippen LogP) is 2.09. The van der Waals surface area contributed by atoms with Crippen LogP contribution in [0.4, 0.5) is 0 Å². The highest BCUT2D eigenvalue weighted by atomic mass is 16.5. The number of hydrogen-bond acceptors (Lipinski definition) is 3. The van der Waals surface area contributed by atoms with Crippen LogP contribution in [0.1, 0.15) is 22.8 Å². The van der Waals surface area contributed by atoms with Gasteiger partial charge in [-0.1, -0.05) is 13.0 Å². The van der Waals surface area contributed by atoms with E-state index in [1.807, 2.05) is 25.1 Å². The van der Waals surface area contributed by atoms with Crippen LogP contribution in [0.5, 0.6) is 0 Å². The van der Waals surface area contributed by atoms with Crippen LogP contribution in [0.3, 0.4) is 0 Å². The molecule has 1 heterocycles. The van der Waals surface area contributed by atoms with Crippen molar-refractivity contribution in [1.82, 2.24) is 4.98 Å². The fourth-order valence-electron chi connectivity index (χ4n) is 1.78. The van der Waals surface area contributed by atoms with Crippen molar-refractivity contribution in [2.24, 2.45) is 0 Å². The van der Waals surface area contributed by atoms with Crippen LogP contribution >= 0.6 is 0 Å². The number of ether oxygens (including phenoxy) is 1. The van der Waals surface area contributed by atoms with E-state index in [0.29, 0.717) is 5.56 Å². The number of aromatic amines is 1. The molecule has 0 aliphatic rings. The van der Waals surface area contributed by atoms with Gasteiger partial charge in [-0.05, 0) is 24.1 Å². The highest BCUT2D eigenvalue weighted by Gasteiger charge is 2.20. The number of nitrogens with one attached hydrogen (secondary N) is 1. The molecule has 0 aliphatic heterocycles. The molecule has 0 radical (unpaired) electrons. The lowest BCUT2D eigenvalue weighted by atomic mass is 10.1. The summed E-state index contributed by atoms with van der Waals surface area (Å²) in [6, 6.07) is 5.81. The molecule has 2 aromatic rings. The molecule has 0 amide bonds. The second-order valence-electron chi connectivity index (χ2n) is 3.76. The van der Waals surface area contributed by atoms with Crippen molar-refractivity contribution in [1.29, 1.82) is 0 Å². The van der Waals surface area contributed by atoms with E-state index in [1.165, 1.54) is 7.11 Å². The van der Waals surface area contributed by atoms with Gasteiger partial charge in [0, 0.05) is 17.1 Å². The van der Waals surface area contributed by atoms with Gasteiger partial charge in [0.2, 0.25) is 0 Å². The van der Waals surface area contributed by atoms with Crippen LogP contribution in [-0.2, 0) is 16.0 Å². The highest BCUT2D eigenvalue weighted by Crippen LogP contribution is 2.21. The number of esters is 1. The first-order chi connectivity index (χ1) is 8.17. The lowest BCUT2D eigenvalue weighted by Gasteiger charge is -1.99. The first-order valence-electron chi connectivity index (χ1n) is 5.40. The van der Waals surface area contributed by atoms with Crippen LogP contribution < -0.4 is 0 Å². The quantitative estimate of drug-likeness (QED) is 0.500. The number of hydrogen-bond donors (Lipinski definition) is 1. The normalized spacial score (nSPS) is 10.5. The van der Waals surface area contributed by atoms with Gasteiger partial charge in [-0.15, -0.1) is 0 Å². The van der Waals surface area contributed by atoms with Gasteiger partial charge in [-0.25, -0.2) is 4.79 Å². The molecular weight excluding hydrogens is 218 g/mol. The van der Waals surface area contributed by atoms with Gasteiger partial charge in [0.25, 0.3) is 5.78 Å². The third kappa shape index (κ3) is 1.93. The number of ketones is 1. The van der Waals surface area contributed by atoms with Gasteiger partial charge in [0.15, 0.2) is 0 Å². The molecule has 88 valence electrons. The zero-order valence-electron chi connectivity index (χ0n) is 9.74. The number of aromatic nitrogens is 1. The van der Waals surface area contributed by atoms with E-state index in [-0.39, 0.29) is 0 Å². The van der Waals surface area contributed by atoms with E-state index in [0.717, 1.165) is 22.9 Å². The summed E-state index contributed by atoms with van der Waals surface area (Å²) in [5.41, 5.74) is 2.33. The molecule has 1 N–H and O–H groups in total. The number of Topliss-reactive ketones (excluding diaryl/α,β-unsaturated/α-hetero) is 1. The van der Waals surface area contributed by atoms with Gasteiger partial charge in [-0.3, -0.25) is 4.79 Å². The monoisotopic (exact) mass is 231 g/mol. The maximum absolute atomic E-state index is 11.8. The smallest absolute Gasteiger partial charge is 0.379 e. The molecule has 0 unspecified atom stereocenters. The Morgan fingerprint density at radius 2 is 2.12 bits per heavy atom. The Morgan fingerprint density at radius 1 is 1.35 bits per heavy atom. The fraction of sp³-hybridized carbons (Fsp3) is 0.231. The topological polar surface area (TPSA) is 59.2 Å². The van der Waals surface area contributed by atoms with Crippen molar-refractivity contribution in [2.45, 2.75) is 13.3 Å². The molecule has 0 aliphatic carbocycles. The zero-order chi connectivity index (χ0) is 12.4. The molecule has 0 saturated carbocycles. The van der Waals surface area contributed by atoms with Crippen molar-refractivity contribution < 1.29 is 14.3 Å². The van der Waals surface area contributed by atoms with E-state index in [1.54, 1.807) is 6.20 Å². The van der Waals surface area contributed by atoms with Crippen LogP contribution in [-0.4, -0.2) is 23.8 Å². The maximum Gasteiger partial charge on any atom is 0.379 e. The average Bonchev–Trinajstić information content (AvgIpc) is 2.79. The summed E-state index contributed by atoms with van der Waals surface area (Å²) in [7, 11) is 1.20. The van der Waals surface area contributed by atoms with E-state index in [2.05, 4.69) is 9.72 Å². The number of methoxy groups -OCH3 is 1. The Labute approximate surface area is 98.6 Å². The van der Waals surface area contributed by atoms with Crippen LogP contribution in [0.2, 0.25) is 0 Å². The summed E-state index contributed by atoms with van der Waals surface area (Å²) >= 11 is 0. The number of carbonyl (C=O) groups excluding carboxylic acids is 2. The van der Waals surface area contributed by atoms with Gasteiger partial charge in [-0.2, -0.15) is 0 Å². The fourth-order valence-corrected chi connectivity index (χ4v) is 1.78. The van der Waals surface area contributed by atoms with Crippen LogP contribution in [0, 0.1) is 0 Å². The van der Waals surface area contributed by atoms with Crippen LogP contribution in [0.15, 0.2) is 24.4 Å². The van der Waals surface area contributed by atoms with E-state index >= 15 is 0 Å². The minimum Gasteiger partial charge on any atom is -0.463 e. The predicted molar refractivity (Wildman–Crippen MR) is 64.0 cm³/mol. The van der Waals surface area contributed by atoms with Gasteiger partial charge >= 0.3 is 5.97 Å². The largest absolute Gasteiger partial charge is 0.463 e. The third-order valence-electron chi connectivity index (χ3n) is 2.77. The summed E-state index contributed by atoms with van der Waals surface area (Å²) in [6.45, 7) is 2.04. The number of aryl methyl sites for hydroxylation is 1. The minimum absolute atomic E-state index is 0.363. The van der Waals surface area contributed by atoms with E-state index < -0.39 is 11.8 Å². The number of carbonyl (C=O) groups is 2. The maximum atomic E-state index is 11.8. The summed E-state index contributed by atoms with van der Waals surface area (Å²) in [5.74, 6) is -1.46. The molecule has 4 heteroatoms. The second kappa shape index (κ2) is 4.41. The van der Waals surface area contributed by atoms with Crippen molar-refractivity contribution in [3.05, 3.63) is 35.5 Å². The highest BCUT2D eigenvalue weighted by molar-refractivity contribution is 6.42. The number of fused-ring (bicyclic) bond motifs is 1. The summed E-state index contributed by atoms with van der Waals surface area (Å²) in [4.78, 5) is 25.9. The SMILES string of the molecule is CCc1ccc2[nH]cc(C(=O)C(=O)OC)c2c1. The minimum atomic E-state index is -0.840. The van der Waals surface area contributed by atoms with Crippen molar-refractivity contribution in [3.8, 4) is 0 Å². The molecule has 1 aromatic heterocycles. The van der Waals surface area contributed by atoms with Crippen LogP contribution in [0.25, 0.3) is 10.9 Å². The molecule has 2 rings (SSSR count).